The van der Waals surface area contributed by atoms with Crippen molar-refractivity contribution in [1.82, 2.24) is 4.57 Å². The second-order valence-corrected chi connectivity index (χ2v) is 6.97. The molecule has 1 heterocycles. The molecule has 0 spiro atoms. The normalized spacial score (nSPS) is 12.5. The molecule has 1 unspecified atom stereocenters. The van der Waals surface area contributed by atoms with Crippen LogP contribution in [0, 0.1) is 0 Å². The minimum Gasteiger partial charge on any atom is -0.480 e. The average Bonchev–Trinajstić information content (AvgIpc) is 2.51. The van der Waals surface area contributed by atoms with Crippen LogP contribution in [0.3, 0.4) is 0 Å². The van der Waals surface area contributed by atoms with E-state index in [-0.39, 0.29) is 17.9 Å². The number of sulfonamides is 1. The lowest BCUT2D eigenvalue weighted by Gasteiger charge is -2.15. The molecule has 1 aromatic carbocycles. The van der Waals surface area contributed by atoms with E-state index in [1.165, 1.54) is 18.3 Å². The third-order valence-corrected chi connectivity index (χ3v) is 4.69. The largest absolute Gasteiger partial charge is 0.480 e. The van der Waals surface area contributed by atoms with Crippen LogP contribution in [0.15, 0.2) is 53.5 Å². The summed E-state index contributed by atoms with van der Waals surface area (Å²) in [6.45, 7) is 1.64. The number of anilines is 1. The van der Waals surface area contributed by atoms with Crippen LogP contribution in [0.4, 0.5) is 5.69 Å². The molecule has 0 aliphatic rings. The zero-order valence-corrected chi connectivity index (χ0v) is 13.9. The summed E-state index contributed by atoms with van der Waals surface area (Å²) in [4.78, 5) is 23.6. The van der Waals surface area contributed by atoms with E-state index in [0.29, 0.717) is 5.56 Å². The molecular weight excluding hydrogens is 332 g/mol. The number of carboxylic acids is 1. The lowest BCUT2D eigenvalue weighted by molar-refractivity contribution is -0.141. The first-order valence-corrected chi connectivity index (χ1v) is 8.97. The number of aromatic nitrogens is 1. The Labute approximate surface area is 139 Å². The molecule has 8 heteroatoms. The van der Waals surface area contributed by atoms with Gasteiger partial charge in [0.15, 0.2) is 0 Å². The zero-order valence-electron chi connectivity index (χ0n) is 13.0. The van der Waals surface area contributed by atoms with Crippen LogP contribution in [0.25, 0.3) is 0 Å². The van der Waals surface area contributed by atoms with Gasteiger partial charge in [-0.1, -0.05) is 37.3 Å². The second kappa shape index (κ2) is 7.31. The first-order chi connectivity index (χ1) is 11.3. The van der Waals surface area contributed by atoms with Gasteiger partial charge in [0, 0.05) is 6.20 Å². The minimum absolute atomic E-state index is 0.173. The zero-order chi connectivity index (χ0) is 17.7. The molecule has 0 saturated heterocycles. The van der Waals surface area contributed by atoms with E-state index in [9.17, 15) is 23.1 Å². The summed E-state index contributed by atoms with van der Waals surface area (Å²) in [5.74, 6) is -1.43. The van der Waals surface area contributed by atoms with Crippen molar-refractivity contribution in [2.75, 3.05) is 4.72 Å². The monoisotopic (exact) mass is 350 g/mol. The number of hydrogen-bond donors (Lipinski definition) is 2. The van der Waals surface area contributed by atoms with E-state index in [1.807, 2.05) is 0 Å². The average molecular weight is 350 g/mol. The summed E-state index contributed by atoms with van der Waals surface area (Å²) in [5.41, 5.74) is -0.283. The highest BCUT2D eigenvalue weighted by Crippen LogP contribution is 2.13. The summed E-state index contributed by atoms with van der Waals surface area (Å²) < 4.78 is 27.7. The number of carbonyl (C=O) groups is 1. The first kappa shape index (κ1) is 17.7. The summed E-state index contributed by atoms with van der Waals surface area (Å²) in [6, 6.07) is 10.3. The lowest BCUT2D eigenvalue weighted by Crippen LogP contribution is -2.31. The summed E-state index contributed by atoms with van der Waals surface area (Å²) in [5, 5.41) is 9.17. The van der Waals surface area contributed by atoms with Gasteiger partial charge < -0.3 is 5.11 Å². The van der Waals surface area contributed by atoms with Crippen LogP contribution in [0.1, 0.15) is 24.9 Å². The Kier molecular flexibility index (Phi) is 5.40. The highest BCUT2D eigenvalue weighted by molar-refractivity contribution is 7.91. The third-order valence-electron chi connectivity index (χ3n) is 3.45. The number of rotatable bonds is 7. The molecule has 7 nitrogen and oxygen atoms in total. The van der Waals surface area contributed by atoms with Crippen molar-refractivity contribution >= 4 is 21.7 Å². The highest BCUT2D eigenvalue weighted by Gasteiger charge is 2.21. The highest BCUT2D eigenvalue weighted by atomic mass is 32.2. The van der Waals surface area contributed by atoms with E-state index >= 15 is 0 Å². The van der Waals surface area contributed by atoms with Crippen molar-refractivity contribution in [3.05, 3.63) is 64.6 Å². The van der Waals surface area contributed by atoms with Crippen LogP contribution in [0.2, 0.25) is 0 Å². The van der Waals surface area contributed by atoms with Gasteiger partial charge in [0.05, 0.1) is 5.75 Å². The van der Waals surface area contributed by atoms with Gasteiger partial charge in [-0.05, 0) is 24.1 Å². The molecule has 0 amide bonds. The van der Waals surface area contributed by atoms with Crippen molar-refractivity contribution in [1.29, 1.82) is 0 Å². The van der Waals surface area contributed by atoms with Crippen molar-refractivity contribution in [2.45, 2.75) is 25.1 Å². The van der Waals surface area contributed by atoms with Gasteiger partial charge >= 0.3 is 5.97 Å². The smallest absolute Gasteiger partial charge is 0.326 e. The van der Waals surface area contributed by atoms with Crippen LogP contribution < -0.4 is 10.3 Å². The number of nitrogens with one attached hydrogen (secondary N) is 1. The summed E-state index contributed by atoms with van der Waals surface area (Å²) >= 11 is 0. The summed E-state index contributed by atoms with van der Waals surface area (Å²) in [7, 11) is -3.79. The van der Waals surface area contributed by atoms with Crippen molar-refractivity contribution in [3.63, 3.8) is 0 Å². The Hall–Kier alpha value is -2.61. The number of benzene rings is 1. The molecule has 24 heavy (non-hydrogen) atoms. The van der Waals surface area contributed by atoms with Crippen molar-refractivity contribution in [2.24, 2.45) is 0 Å². The molecule has 0 radical (unpaired) electrons. The van der Waals surface area contributed by atoms with Crippen LogP contribution in [-0.4, -0.2) is 24.1 Å². The third kappa shape index (κ3) is 4.23. The Morgan fingerprint density at radius 2 is 1.88 bits per heavy atom. The maximum Gasteiger partial charge on any atom is 0.326 e. The van der Waals surface area contributed by atoms with E-state index in [0.717, 1.165) is 4.57 Å². The predicted molar refractivity (Wildman–Crippen MR) is 90.4 cm³/mol. The fraction of sp³-hybridized carbons (Fsp3) is 0.250. The quantitative estimate of drug-likeness (QED) is 0.792. The van der Waals surface area contributed by atoms with Gasteiger partial charge in [0.25, 0.3) is 5.56 Å². The van der Waals surface area contributed by atoms with E-state index in [2.05, 4.69) is 4.72 Å². The molecule has 0 saturated carbocycles. The molecule has 0 aliphatic heterocycles. The van der Waals surface area contributed by atoms with Crippen LogP contribution in [-0.2, 0) is 20.6 Å². The molecule has 1 atom stereocenters. The molecular formula is C16H18N2O5S. The van der Waals surface area contributed by atoms with Gasteiger partial charge in [0.2, 0.25) is 10.0 Å². The molecule has 0 fully saturated rings. The van der Waals surface area contributed by atoms with Gasteiger partial charge in [-0.3, -0.25) is 14.1 Å². The van der Waals surface area contributed by atoms with Crippen LogP contribution in [0.5, 0.6) is 0 Å². The molecule has 0 aliphatic carbocycles. The molecule has 128 valence electrons. The van der Waals surface area contributed by atoms with E-state index in [1.54, 1.807) is 37.3 Å². The molecule has 1 aromatic heterocycles. The van der Waals surface area contributed by atoms with Crippen LogP contribution >= 0.6 is 0 Å². The molecule has 2 N–H and O–H groups in total. The van der Waals surface area contributed by atoms with Gasteiger partial charge in [-0.25, -0.2) is 13.2 Å². The SMILES string of the molecule is CCC(C(=O)O)n1cccc(NS(=O)(=O)Cc2ccccc2)c1=O. The maximum atomic E-state index is 12.4. The van der Waals surface area contributed by atoms with Gasteiger partial charge in [0.1, 0.15) is 11.7 Å². The molecule has 2 rings (SSSR count). The summed E-state index contributed by atoms with van der Waals surface area (Å²) in [6.07, 6.45) is 1.54. The molecule has 2 aromatic rings. The fourth-order valence-corrected chi connectivity index (χ4v) is 3.51. The maximum absolute atomic E-state index is 12.4. The minimum atomic E-state index is -3.79. The predicted octanol–water partition coefficient (Wildman–Crippen LogP) is 1.83. The number of pyridine rings is 1. The molecule has 0 bridgehead atoms. The Morgan fingerprint density at radius 1 is 1.21 bits per heavy atom. The number of hydrogen-bond acceptors (Lipinski definition) is 4. The van der Waals surface area contributed by atoms with E-state index < -0.39 is 27.6 Å². The standard InChI is InChI=1S/C16H18N2O5S/c1-2-14(16(20)21)18-10-6-9-13(15(18)19)17-24(22,23)11-12-7-4-3-5-8-12/h3-10,14,17H,2,11H2,1H3,(H,20,21). The van der Waals surface area contributed by atoms with Crippen molar-refractivity contribution < 1.29 is 18.3 Å². The first-order valence-electron chi connectivity index (χ1n) is 7.32. The lowest BCUT2D eigenvalue weighted by atomic mass is 10.2. The van der Waals surface area contributed by atoms with Crippen molar-refractivity contribution in [3.8, 4) is 0 Å². The van der Waals surface area contributed by atoms with Gasteiger partial charge in [-0.2, -0.15) is 0 Å². The Bertz CT molecular complexity index is 875. The number of carboxylic acid groups (broad SMARTS) is 1. The second-order valence-electron chi connectivity index (χ2n) is 5.24. The topological polar surface area (TPSA) is 105 Å². The Morgan fingerprint density at radius 3 is 2.46 bits per heavy atom. The fourth-order valence-electron chi connectivity index (χ4n) is 2.32. The number of aliphatic carboxylic acids is 1. The van der Waals surface area contributed by atoms with E-state index in [4.69, 9.17) is 0 Å². The van der Waals surface area contributed by atoms with Gasteiger partial charge in [-0.15, -0.1) is 0 Å². The number of nitrogens with zero attached hydrogens (tertiary/aromatic N) is 1. The Balaban J connectivity index is 2.30.